The van der Waals surface area contributed by atoms with E-state index in [1.807, 2.05) is 31.2 Å². The van der Waals surface area contributed by atoms with Crippen LogP contribution in [0.3, 0.4) is 0 Å². The van der Waals surface area contributed by atoms with E-state index in [0.29, 0.717) is 12.2 Å². The average molecular weight is 331 g/mol. The van der Waals surface area contributed by atoms with Crippen molar-refractivity contribution in [3.8, 4) is 17.0 Å². The minimum atomic E-state index is 0. The van der Waals surface area contributed by atoms with Crippen LogP contribution in [0.25, 0.3) is 11.3 Å². The summed E-state index contributed by atoms with van der Waals surface area (Å²) in [5.74, 6) is 0.832. The van der Waals surface area contributed by atoms with Crippen molar-refractivity contribution in [2.45, 2.75) is 13.8 Å². The molecule has 0 aliphatic rings. The molecule has 0 aliphatic heterocycles. The van der Waals surface area contributed by atoms with Crippen LogP contribution in [-0.4, -0.2) is 11.2 Å². The quantitative estimate of drug-likeness (QED) is 0.810. The van der Waals surface area contributed by atoms with Crippen molar-refractivity contribution in [2.75, 3.05) is 6.61 Å². The summed E-state index contributed by atoms with van der Waals surface area (Å²) in [6.45, 7) is 4.39. The van der Waals surface area contributed by atoms with Crippen molar-refractivity contribution < 1.29 is 37.4 Å². The second kappa shape index (κ2) is 7.02. The van der Waals surface area contributed by atoms with Gasteiger partial charge < -0.3 is 9.30 Å². The van der Waals surface area contributed by atoms with Crippen LogP contribution >= 0.6 is 0 Å². The summed E-state index contributed by atoms with van der Waals surface area (Å²) in [6, 6.07) is 12.5. The summed E-state index contributed by atoms with van der Waals surface area (Å²) in [7, 11) is 1.76. The Kier molecular flexibility index (Phi) is 5.96. The van der Waals surface area contributed by atoms with E-state index in [0.717, 1.165) is 17.0 Å². The van der Waals surface area contributed by atoms with E-state index in [1.54, 1.807) is 24.6 Å². The Morgan fingerprint density at radius 2 is 1.89 bits per heavy atom. The second-order valence-corrected chi connectivity index (χ2v) is 4.14. The Balaban J connectivity index is 0.00000180. The Hall–Kier alpha value is -0.926. The maximum absolute atomic E-state index is 11.9. The number of hydrogen-bond donors (Lipinski definition) is 0. The molecule has 1 aromatic carbocycles. The third kappa shape index (κ3) is 3.55. The van der Waals surface area contributed by atoms with Gasteiger partial charge in [-0.3, -0.25) is 4.79 Å². The van der Waals surface area contributed by atoms with Gasteiger partial charge in [-0.25, -0.2) is 0 Å². The number of rotatable bonds is 3. The van der Waals surface area contributed by atoms with Gasteiger partial charge in [0.25, 0.3) is 0 Å². The van der Waals surface area contributed by atoms with Gasteiger partial charge in [0.2, 0.25) is 0 Å². The molecule has 0 aliphatic carbocycles. The standard InChI is InChI=1S/C15H16NO2.Y/c1-4-18-13-8-6-12(7-9-13)14-10-5-11(2)15(17)16(14)3;/h5-9H,4H2,1-3H3;/q-1;. The molecule has 0 N–H and O–H groups in total. The maximum Gasteiger partial charge on any atom is 0.197 e. The van der Waals surface area contributed by atoms with Gasteiger partial charge in [0.05, 0.1) is 6.61 Å². The first-order chi connectivity index (χ1) is 8.63. The molecule has 1 radical (unpaired) electrons. The van der Waals surface area contributed by atoms with Gasteiger partial charge in [-0.1, -0.05) is 23.7 Å². The topological polar surface area (TPSA) is 31.2 Å². The predicted molar refractivity (Wildman–Crippen MR) is 71.9 cm³/mol. The van der Waals surface area contributed by atoms with Crippen LogP contribution in [0.4, 0.5) is 0 Å². The minimum absolute atomic E-state index is 0. The molecule has 1 heterocycles. The van der Waals surface area contributed by atoms with Crippen LogP contribution in [-0.2, 0) is 39.8 Å². The molecule has 2 aromatic rings. The molecule has 0 unspecified atom stereocenters. The molecule has 3 nitrogen and oxygen atoms in total. The molecule has 4 heteroatoms. The Morgan fingerprint density at radius 3 is 2.47 bits per heavy atom. The monoisotopic (exact) mass is 331 g/mol. The number of nitrogens with zero attached hydrogens (tertiary/aromatic N) is 1. The number of benzene rings is 1. The van der Waals surface area contributed by atoms with Gasteiger partial charge in [0.15, 0.2) is 5.56 Å². The van der Waals surface area contributed by atoms with E-state index in [-0.39, 0.29) is 38.3 Å². The third-order valence-corrected chi connectivity index (χ3v) is 2.84. The fourth-order valence-corrected chi connectivity index (χ4v) is 1.85. The normalized spacial score (nSPS) is 9.84. The number of aromatic nitrogens is 1. The van der Waals surface area contributed by atoms with Gasteiger partial charge in [-0.2, -0.15) is 12.1 Å². The predicted octanol–water partition coefficient (Wildman–Crippen LogP) is 2.56. The summed E-state index contributed by atoms with van der Waals surface area (Å²) < 4.78 is 7.01. The summed E-state index contributed by atoms with van der Waals surface area (Å²) >= 11 is 0. The second-order valence-electron chi connectivity index (χ2n) is 4.14. The molecular weight excluding hydrogens is 315 g/mol. The molecule has 0 atom stereocenters. The zero-order valence-electron chi connectivity index (χ0n) is 11.4. The number of pyridine rings is 1. The van der Waals surface area contributed by atoms with Crippen molar-refractivity contribution in [1.29, 1.82) is 0 Å². The van der Waals surface area contributed by atoms with E-state index in [4.69, 9.17) is 4.74 Å². The van der Waals surface area contributed by atoms with Crippen LogP contribution in [0.1, 0.15) is 12.5 Å². The SMILES string of the molecule is CCOc1ccc(-c2[c-]cc(C)c(=O)n2C)cc1.[Y]. The molecule has 0 saturated heterocycles. The summed E-state index contributed by atoms with van der Waals surface area (Å²) in [5, 5.41) is 0. The van der Waals surface area contributed by atoms with E-state index < -0.39 is 0 Å². The van der Waals surface area contributed by atoms with Gasteiger partial charge >= 0.3 is 0 Å². The zero-order valence-corrected chi connectivity index (χ0v) is 14.3. The van der Waals surface area contributed by atoms with E-state index in [2.05, 4.69) is 6.07 Å². The van der Waals surface area contributed by atoms with Crippen molar-refractivity contribution in [1.82, 2.24) is 4.57 Å². The van der Waals surface area contributed by atoms with Crippen molar-refractivity contribution in [2.24, 2.45) is 7.05 Å². The first kappa shape index (κ1) is 16.1. The molecule has 2 rings (SSSR count). The molecule has 0 spiro atoms. The van der Waals surface area contributed by atoms with Crippen molar-refractivity contribution in [3.63, 3.8) is 0 Å². The third-order valence-electron chi connectivity index (χ3n) is 2.84. The fourth-order valence-electron chi connectivity index (χ4n) is 1.85. The smallest absolute Gasteiger partial charge is 0.197 e. The Morgan fingerprint density at radius 1 is 1.26 bits per heavy atom. The van der Waals surface area contributed by atoms with E-state index >= 15 is 0 Å². The van der Waals surface area contributed by atoms with Gasteiger partial charge in [0.1, 0.15) is 5.75 Å². The van der Waals surface area contributed by atoms with Gasteiger partial charge in [-0.05, 0) is 19.1 Å². The zero-order chi connectivity index (χ0) is 13.1. The van der Waals surface area contributed by atoms with Gasteiger partial charge in [0, 0.05) is 39.8 Å². The summed E-state index contributed by atoms with van der Waals surface area (Å²) in [6.07, 6.45) is 0. The number of ether oxygens (including phenoxy) is 1. The molecule has 97 valence electrons. The molecular formula is C15H16NO2Y-. The van der Waals surface area contributed by atoms with E-state index in [1.165, 1.54) is 0 Å². The molecule has 0 saturated carbocycles. The maximum atomic E-state index is 11.9. The molecule has 0 fully saturated rings. The van der Waals surface area contributed by atoms with Crippen LogP contribution in [0.2, 0.25) is 0 Å². The fraction of sp³-hybridized carbons (Fsp3) is 0.267. The first-order valence-electron chi connectivity index (χ1n) is 5.95. The van der Waals surface area contributed by atoms with Crippen LogP contribution in [0, 0.1) is 13.0 Å². The van der Waals surface area contributed by atoms with E-state index in [9.17, 15) is 4.79 Å². The van der Waals surface area contributed by atoms with Crippen LogP contribution in [0.5, 0.6) is 5.75 Å². The summed E-state index contributed by atoms with van der Waals surface area (Å²) in [5.41, 5.74) is 2.46. The molecule has 19 heavy (non-hydrogen) atoms. The van der Waals surface area contributed by atoms with Crippen LogP contribution in [0.15, 0.2) is 35.1 Å². The molecule has 0 amide bonds. The molecule has 1 aromatic heterocycles. The Labute approximate surface area is 138 Å². The number of hydrogen-bond acceptors (Lipinski definition) is 2. The Bertz CT molecular complexity index is 603. The summed E-state index contributed by atoms with van der Waals surface area (Å²) in [4.78, 5) is 11.9. The van der Waals surface area contributed by atoms with Gasteiger partial charge in [-0.15, -0.1) is 12.1 Å². The largest absolute Gasteiger partial charge is 0.494 e. The minimum Gasteiger partial charge on any atom is -0.494 e. The first-order valence-corrected chi connectivity index (χ1v) is 5.95. The van der Waals surface area contributed by atoms with Crippen molar-refractivity contribution >= 4 is 0 Å². The number of aryl methyl sites for hydroxylation is 1. The van der Waals surface area contributed by atoms with Crippen molar-refractivity contribution in [3.05, 3.63) is 52.3 Å². The van der Waals surface area contributed by atoms with Crippen LogP contribution < -0.4 is 10.3 Å². The molecule has 0 bridgehead atoms. The average Bonchev–Trinajstić information content (AvgIpc) is 2.38.